The Kier molecular flexibility index (Phi) is 7.37. The van der Waals surface area contributed by atoms with Gasteiger partial charge in [0.05, 0.1) is 17.3 Å². The molecule has 1 amide bonds. The molecule has 0 bridgehead atoms. The third kappa shape index (κ3) is 5.31. The van der Waals surface area contributed by atoms with Crippen LogP contribution in [0.25, 0.3) is 0 Å². The Morgan fingerprint density at radius 2 is 1.83 bits per heavy atom. The van der Waals surface area contributed by atoms with Gasteiger partial charge in [-0.05, 0) is 30.2 Å². The van der Waals surface area contributed by atoms with E-state index in [1.807, 2.05) is 6.92 Å². The van der Waals surface area contributed by atoms with Crippen molar-refractivity contribution in [2.75, 3.05) is 19.5 Å². The van der Waals surface area contributed by atoms with Crippen LogP contribution in [0.3, 0.4) is 0 Å². The zero-order valence-electron chi connectivity index (χ0n) is 14.0. The lowest BCUT2D eigenvalue weighted by molar-refractivity contribution is -0.140. The summed E-state index contributed by atoms with van der Waals surface area (Å²) in [6, 6.07) is 4.40. The van der Waals surface area contributed by atoms with Crippen LogP contribution in [0.4, 0.5) is 0 Å². The van der Waals surface area contributed by atoms with Gasteiger partial charge in [-0.25, -0.2) is 13.2 Å². The number of carboxylic acid groups (broad SMARTS) is 1. The fourth-order valence-electron chi connectivity index (χ4n) is 2.03. The molecule has 1 aromatic carbocycles. The van der Waals surface area contributed by atoms with Crippen LogP contribution >= 0.6 is 0 Å². The van der Waals surface area contributed by atoms with Gasteiger partial charge >= 0.3 is 5.97 Å². The lowest BCUT2D eigenvalue weighted by atomic mass is 9.99. The van der Waals surface area contributed by atoms with E-state index in [4.69, 9.17) is 4.74 Å². The minimum absolute atomic E-state index is 0.0831. The molecule has 0 spiro atoms. The fourth-order valence-corrected chi connectivity index (χ4v) is 3.20. The molecule has 2 N–H and O–H groups in total. The Bertz CT molecular complexity index is 668. The molecule has 0 saturated carbocycles. The minimum atomic E-state index is -3.47. The van der Waals surface area contributed by atoms with Crippen LogP contribution in [0, 0.1) is 5.92 Å². The SMILES string of the molecule is CCC(C)C(NC(=O)c1ccc(S(=O)(=O)CCOC)cc1)C(=O)O. The molecule has 8 heteroatoms. The molecule has 0 aliphatic carbocycles. The Morgan fingerprint density at radius 1 is 1.25 bits per heavy atom. The molecule has 1 rings (SSSR count). The molecule has 2 unspecified atom stereocenters. The topological polar surface area (TPSA) is 110 Å². The van der Waals surface area contributed by atoms with Crippen molar-refractivity contribution in [1.29, 1.82) is 0 Å². The van der Waals surface area contributed by atoms with Crippen molar-refractivity contribution in [1.82, 2.24) is 5.32 Å². The maximum absolute atomic E-state index is 12.2. The minimum Gasteiger partial charge on any atom is -0.480 e. The summed E-state index contributed by atoms with van der Waals surface area (Å²) in [5.41, 5.74) is 0.204. The molecule has 2 atom stereocenters. The van der Waals surface area contributed by atoms with E-state index in [9.17, 15) is 23.1 Å². The molecule has 0 fully saturated rings. The number of methoxy groups -OCH3 is 1. The van der Waals surface area contributed by atoms with Crippen molar-refractivity contribution < 1.29 is 27.9 Å². The predicted octanol–water partition coefficient (Wildman–Crippen LogP) is 1.34. The van der Waals surface area contributed by atoms with Crippen LogP contribution in [0.2, 0.25) is 0 Å². The Labute approximate surface area is 141 Å². The molecular formula is C16H23NO6S. The van der Waals surface area contributed by atoms with Crippen LogP contribution in [-0.2, 0) is 19.4 Å². The van der Waals surface area contributed by atoms with Gasteiger partial charge in [-0.1, -0.05) is 20.3 Å². The molecule has 0 aliphatic heterocycles. The van der Waals surface area contributed by atoms with E-state index in [2.05, 4.69) is 5.32 Å². The van der Waals surface area contributed by atoms with Crippen LogP contribution < -0.4 is 5.32 Å². The van der Waals surface area contributed by atoms with E-state index >= 15 is 0 Å². The van der Waals surface area contributed by atoms with Crippen molar-refractivity contribution in [2.45, 2.75) is 31.2 Å². The second-order valence-electron chi connectivity index (χ2n) is 5.51. The van der Waals surface area contributed by atoms with Gasteiger partial charge in [-0.2, -0.15) is 0 Å². The van der Waals surface area contributed by atoms with Crippen molar-refractivity contribution in [2.24, 2.45) is 5.92 Å². The molecule has 0 aliphatic rings. The molecule has 0 aromatic heterocycles. The fraction of sp³-hybridized carbons (Fsp3) is 0.500. The zero-order chi connectivity index (χ0) is 18.3. The first-order chi connectivity index (χ1) is 11.2. The van der Waals surface area contributed by atoms with Gasteiger partial charge in [0.2, 0.25) is 0 Å². The van der Waals surface area contributed by atoms with Gasteiger partial charge in [0, 0.05) is 12.7 Å². The van der Waals surface area contributed by atoms with Crippen LogP contribution in [0.5, 0.6) is 0 Å². The van der Waals surface area contributed by atoms with Crippen molar-refractivity contribution in [3.8, 4) is 0 Å². The summed E-state index contributed by atoms with van der Waals surface area (Å²) in [7, 11) is -2.05. The maximum atomic E-state index is 12.2. The lowest BCUT2D eigenvalue weighted by Gasteiger charge is -2.20. The van der Waals surface area contributed by atoms with E-state index in [1.54, 1.807) is 6.92 Å². The highest BCUT2D eigenvalue weighted by molar-refractivity contribution is 7.91. The van der Waals surface area contributed by atoms with Gasteiger partial charge in [0.1, 0.15) is 6.04 Å². The first-order valence-corrected chi connectivity index (χ1v) is 9.23. The lowest BCUT2D eigenvalue weighted by Crippen LogP contribution is -2.45. The number of benzene rings is 1. The van der Waals surface area contributed by atoms with Crippen LogP contribution in [-0.4, -0.2) is 50.9 Å². The van der Waals surface area contributed by atoms with E-state index in [1.165, 1.54) is 31.4 Å². The average Bonchev–Trinajstić information content (AvgIpc) is 2.56. The summed E-state index contributed by atoms with van der Waals surface area (Å²) in [4.78, 5) is 23.5. The zero-order valence-corrected chi connectivity index (χ0v) is 14.8. The highest BCUT2D eigenvalue weighted by Crippen LogP contribution is 2.14. The summed E-state index contributed by atoms with van der Waals surface area (Å²) in [6.07, 6.45) is 0.605. The number of hydrogen-bond acceptors (Lipinski definition) is 5. The number of carbonyl (C=O) groups is 2. The number of nitrogens with one attached hydrogen (secondary N) is 1. The molecule has 1 aromatic rings. The average molecular weight is 357 g/mol. The quantitative estimate of drug-likeness (QED) is 0.690. The third-order valence-electron chi connectivity index (χ3n) is 3.80. The molecule has 0 saturated heterocycles. The Morgan fingerprint density at radius 3 is 2.29 bits per heavy atom. The summed E-state index contributed by atoms with van der Waals surface area (Å²) in [5, 5.41) is 11.7. The number of sulfone groups is 1. The summed E-state index contributed by atoms with van der Waals surface area (Å²) >= 11 is 0. The van der Waals surface area contributed by atoms with Gasteiger partial charge < -0.3 is 15.2 Å². The summed E-state index contributed by atoms with van der Waals surface area (Å²) in [5.74, 6) is -2.02. The van der Waals surface area contributed by atoms with E-state index in [0.717, 1.165) is 0 Å². The van der Waals surface area contributed by atoms with Gasteiger partial charge in [-0.15, -0.1) is 0 Å². The Balaban J connectivity index is 2.88. The van der Waals surface area contributed by atoms with Gasteiger partial charge in [0.25, 0.3) is 5.91 Å². The number of rotatable bonds is 9. The highest BCUT2D eigenvalue weighted by Gasteiger charge is 2.26. The predicted molar refractivity (Wildman–Crippen MR) is 88.7 cm³/mol. The molecular weight excluding hydrogens is 334 g/mol. The van der Waals surface area contributed by atoms with Crippen LogP contribution in [0.15, 0.2) is 29.2 Å². The summed E-state index contributed by atoms with van der Waals surface area (Å²) < 4.78 is 28.8. The van der Waals surface area contributed by atoms with Crippen molar-refractivity contribution in [3.05, 3.63) is 29.8 Å². The largest absolute Gasteiger partial charge is 0.480 e. The number of amides is 1. The molecule has 134 valence electrons. The van der Waals surface area contributed by atoms with E-state index < -0.39 is 27.8 Å². The normalized spacial score (nSPS) is 14.0. The third-order valence-corrected chi connectivity index (χ3v) is 5.49. The Hall–Kier alpha value is -1.93. The number of carboxylic acids is 1. The van der Waals surface area contributed by atoms with E-state index in [0.29, 0.717) is 6.42 Å². The van der Waals surface area contributed by atoms with Crippen molar-refractivity contribution >= 4 is 21.7 Å². The molecule has 24 heavy (non-hydrogen) atoms. The summed E-state index contributed by atoms with van der Waals surface area (Å²) in [6.45, 7) is 3.66. The number of hydrogen-bond donors (Lipinski definition) is 2. The van der Waals surface area contributed by atoms with Crippen molar-refractivity contribution in [3.63, 3.8) is 0 Å². The maximum Gasteiger partial charge on any atom is 0.326 e. The van der Waals surface area contributed by atoms with E-state index in [-0.39, 0.29) is 28.7 Å². The smallest absolute Gasteiger partial charge is 0.326 e. The second kappa shape index (κ2) is 8.79. The first-order valence-electron chi connectivity index (χ1n) is 7.58. The monoisotopic (exact) mass is 357 g/mol. The highest BCUT2D eigenvalue weighted by atomic mass is 32.2. The molecule has 0 radical (unpaired) electrons. The first kappa shape index (κ1) is 20.1. The molecule has 0 heterocycles. The number of carbonyl (C=O) groups excluding carboxylic acids is 1. The number of aliphatic carboxylic acids is 1. The second-order valence-corrected chi connectivity index (χ2v) is 7.62. The standard InChI is InChI=1S/C16H23NO6S/c1-4-11(2)14(16(19)20)17-15(18)12-5-7-13(8-6-12)24(21,22)10-9-23-3/h5-8,11,14H,4,9-10H2,1-3H3,(H,17,18)(H,19,20). The number of ether oxygens (including phenoxy) is 1. The van der Waals surface area contributed by atoms with Crippen LogP contribution in [0.1, 0.15) is 30.6 Å². The van der Waals surface area contributed by atoms with Gasteiger partial charge in [-0.3, -0.25) is 4.79 Å². The van der Waals surface area contributed by atoms with Gasteiger partial charge in [0.15, 0.2) is 9.84 Å². The molecule has 7 nitrogen and oxygen atoms in total.